The third-order valence-electron chi connectivity index (χ3n) is 3.04. The Morgan fingerprint density at radius 1 is 1.53 bits per heavy atom. The summed E-state index contributed by atoms with van der Waals surface area (Å²) in [6.07, 6.45) is 3.60. The first kappa shape index (κ1) is 11.8. The van der Waals surface area contributed by atoms with E-state index in [-0.39, 0.29) is 16.7 Å². The van der Waals surface area contributed by atoms with Gasteiger partial charge in [0.15, 0.2) is 0 Å². The zero-order chi connectivity index (χ0) is 12.3. The van der Waals surface area contributed by atoms with Crippen LogP contribution in [0.4, 0.5) is 11.5 Å². The third kappa shape index (κ3) is 2.52. The van der Waals surface area contributed by atoms with Crippen LogP contribution < -0.4 is 4.90 Å². The number of methoxy groups -OCH3 is 1. The summed E-state index contributed by atoms with van der Waals surface area (Å²) in [5.41, 5.74) is 0.0726. The monoisotopic (exact) mass is 237 g/mol. The number of hydrogen-bond acceptors (Lipinski definition) is 5. The summed E-state index contributed by atoms with van der Waals surface area (Å²) in [5, 5.41) is 10.9. The first-order chi connectivity index (χ1) is 8.22. The van der Waals surface area contributed by atoms with Crippen molar-refractivity contribution in [3.63, 3.8) is 0 Å². The molecule has 1 aliphatic heterocycles. The van der Waals surface area contributed by atoms with Crippen molar-refractivity contribution in [3.05, 3.63) is 28.4 Å². The van der Waals surface area contributed by atoms with Crippen molar-refractivity contribution in [2.45, 2.75) is 18.9 Å². The molecule has 6 nitrogen and oxygen atoms in total. The van der Waals surface area contributed by atoms with Gasteiger partial charge in [0, 0.05) is 32.5 Å². The molecule has 6 heteroatoms. The molecule has 2 rings (SSSR count). The van der Waals surface area contributed by atoms with Crippen molar-refractivity contribution >= 4 is 11.5 Å². The Balaban J connectivity index is 2.15. The molecule has 0 radical (unpaired) electrons. The molecule has 0 aromatic carbocycles. The van der Waals surface area contributed by atoms with Gasteiger partial charge in [0.1, 0.15) is 0 Å². The molecule has 1 aromatic heterocycles. The van der Waals surface area contributed by atoms with E-state index >= 15 is 0 Å². The second kappa shape index (κ2) is 5.09. The number of aromatic nitrogens is 1. The lowest BCUT2D eigenvalue weighted by atomic mass is 10.1. The number of hydrogen-bond donors (Lipinski definition) is 0. The predicted molar refractivity (Wildman–Crippen MR) is 63.1 cm³/mol. The molecule has 92 valence electrons. The van der Waals surface area contributed by atoms with Crippen LogP contribution in [0.15, 0.2) is 18.3 Å². The van der Waals surface area contributed by atoms with Crippen LogP contribution in [0.2, 0.25) is 0 Å². The van der Waals surface area contributed by atoms with Crippen LogP contribution in [0.25, 0.3) is 0 Å². The minimum absolute atomic E-state index is 0.0726. The van der Waals surface area contributed by atoms with Crippen molar-refractivity contribution in [2.75, 3.05) is 25.1 Å². The van der Waals surface area contributed by atoms with Gasteiger partial charge in [0.2, 0.25) is 5.82 Å². The summed E-state index contributed by atoms with van der Waals surface area (Å²) < 4.78 is 5.27. The topological polar surface area (TPSA) is 68.5 Å². The number of anilines is 1. The van der Waals surface area contributed by atoms with Gasteiger partial charge in [-0.3, -0.25) is 10.1 Å². The number of nitro groups is 1. The smallest absolute Gasteiger partial charge is 0.311 e. The van der Waals surface area contributed by atoms with Gasteiger partial charge in [-0.25, -0.2) is 4.98 Å². The summed E-state index contributed by atoms with van der Waals surface area (Å²) >= 11 is 0. The minimum atomic E-state index is -0.384. The molecule has 0 saturated carbocycles. The Hall–Kier alpha value is -1.69. The minimum Gasteiger partial charge on any atom is -0.381 e. The molecule has 17 heavy (non-hydrogen) atoms. The zero-order valence-corrected chi connectivity index (χ0v) is 9.70. The fraction of sp³-hybridized carbons (Fsp3) is 0.545. The van der Waals surface area contributed by atoms with Crippen molar-refractivity contribution < 1.29 is 9.66 Å². The lowest BCUT2D eigenvalue weighted by Gasteiger charge is -2.31. The Morgan fingerprint density at radius 3 is 2.82 bits per heavy atom. The quantitative estimate of drug-likeness (QED) is 0.590. The Morgan fingerprint density at radius 2 is 2.24 bits per heavy atom. The summed E-state index contributed by atoms with van der Waals surface area (Å²) in [7, 11) is 1.70. The van der Waals surface area contributed by atoms with E-state index in [1.165, 1.54) is 6.07 Å². The Bertz CT molecular complexity index is 403. The van der Waals surface area contributed by atoms with Crippen molar-refractivity contribution in [1.82, 2.24) is 4.98 Å². The lowest BCUT2D eigenvalue weighted by Crippen LogP contribution is -2.37. The normalized spacial score (nSPS) is 17.1. The van der Waals surface area contributed by atoms with E-state index in [9.17, 15) is 10.1 Å². The number of rotatable bonds is 3. The van der Waals surface area contributed by atoms with Gasteiger partial charge in [0.05, 0.1) is 11.0 Å². The van der Waals surface area contributed by atoms with Crippen LogP contribution >= 0.6 is 0 Å². The number of piperidine rings is 1. The molecule has 0 aliphatic carbocycles. The first-order valence-electron chi connectivity index (χ1n) is 5.59. The van der Waals surface area contributed by atoms with Gasteiger partial charge < -0.3 is 9.64 Å². The van der Waals surface area contributed by atoms with Crippen LogP contribution in [0.5, 0.6) is 0 Å². The van der Waals surface area contributed by atoms with E-state index in [0.29, 0.717) is 5.82 Å². The summed E-state index contributed by atoms with van der Waals surface area (Å²) in [6, 6.07) is 3.08. The van der Waals surface area contributed by atoms with E-state index < -0.39 is 0 Å². The standard InChI is InChI=1S/C11H15N3O3/c1-17-9-4-7-13(8-5-9)11-10(14(15)16)3-2-6-12-11/h2-3,6,9H,4-5,7-8H2,1H3. The average molecular weight is 237 g/mol. The molecule has 0 atom stereocenters. The molecule has 0 unspecified atom stereocenters. The highest BCUT2D eigenvalue weighted by Gasteiger charge is 2.25. The maximum atomic E-state index is 10.9. The van der Waals surface area contributed by atoms with Gasteiger partial charge >= 0.3 is 5.69 Å². The molecule has 0 spiro atoms. The SMILES string of the molecule is COC1CCN(c2ncccc2[N+](=O)[O-])CC1. The third-order valence-corrected chi connectivity index (χ3v) is 3.04. The molecule has 0 amide bonds. The summed E-state index contributed by atoms with van der Waals surface area (Å²) in [4.78, 5) is 16.6. The molecular formula is C11H15N3O3. The molecule has 1 aromatic rings. The molecule has 1 fully saturated rings. The number of ether oxygens (including phenoxy) is 1. The zero-order valence-electron chi connectivity index (χ0n) is 9.70. The molecule has 2 heterocycles. The molecule has 0 bridgehead atoms. The summed E-state index contributed by atoms with van der Waals surface area (Å²) in [6.45, 7) is 1.49. The second-order valence-corrected chi connectivity index (χ2v) is 4.03. The highest BCUT2D eigenvalue weighted by Crippen LogP contribution is 2.27. The Labute approximate surface area is 99.4 Å². The first-order valence-corrected chi connectivity index (χ1v) is 5.59. The van der Waals surface area contributed by atoms with Crippen molar-refractivity contribution in [3.8, 4) is 0 Å². The van der Waals surface area contributed by atoms with Gasteiger partial charge in [-0.15, -0.1) is 0 Å². The van der Waals surface area contributed by atoms with Gasteiger partial charge in [-0.1, -0.05) is 0 Å². The van der Waals surface area contributed by atoms with E-state index in [0.717, 1.165) is 25.9 Å². The fourth-order valence-corrected chi connectivity index (χ4v) is 2.08. The summed E-state index contributed by atoms with van der Waals surface area (Å²) in [5.74, 6) is 0.465. The second-order valence-electron chi connectivity index (χ2n) is 4.03. The highest BCUT2D eigenvalue weighted by atomic mass is 16.6. The molecule has 1 aliphatic rings. The molecule has 1 saturated heterocycles. The van der Waals surface area contributed by atoms with Crippen LogP contribution in [0.3, 0.4) is 0 Å². The van der Waals surface area contributed by atoms with Crippen LogP contribution in [-0.4, -0.2) is 36.2 Å². The molecule has 0 N–H and O–H groups in total. The van der Waals surface area contributed by atoms with E-state index in [4.69, 9.17) is 4.74 Å². The lowest BCUT2D eigenvalue weighted by molar-refractivity contribution is -0.384. The number of nitrogens with zero attached hydrogens (tertiary/aromatic N) is 3. The van der Waals surface area contributed by atoms with Crippen molar-refractivity contribution in [1.29, 1.82) is 0 Å². The maximum Gasteiger partial charge on any atom is 0.311 e. The fourth-order valence-electron chi connectivity index (χ4n) is 2.08. The van der Waals surface area contributed by atoms with Crippen LogP contribution in [0, 0.1) is 10.1 Å². The van der Waals surface area contributed by atoms with E-state index in [1.54, 1.807) is 19.4 Å². The van der Waals surface area contributed by atoms with Crippen LogP contribution in [-0.2, 0) is 4.74 Å². The highest BCUT2D eigenvalue weighted by molar-refractivity contribution is 5.57. The van der Waals surface area contributed by atoms with Gasteiger partial charge in [0.25, 0.3) is 0 Å². The van der Waals surface area contributed by atoms with Gasteiger partial charge in [-0.2, -0.15) is 0 Å². The molecular weight excluding hydrogens is 222 g/mol. The average Bonchev–Trinajstić information content (AvgIpc) is 2.39. The Kier molecular flexibility index (Phi) is 3.53. The maximum absolute atomic E-state index is 10.9. The number of pyridine rings is 1. The predicted octanol–water partition coefficient (Wildman–Crippen LogP) is 1.60. The van der Waals surface area contributed by atoms with Crippen molar-refractivity contribution in [2.24, 2.45) is 0 Å². The van der Waals surface area contributed by atoms with E-state index in [2.05, 4.69) is 4.98 Å². The van der Waals surface area contributed by atoms with E-state index in [1.807, 2.05) is 4.90 Å². The van der Waals surface area contributed by atoms with Gasteiger partial charge in [-0.05, 0) is 18.9 Å². The van der Waals surface area contributed by atoms with Crippen LogP contribution in [0.1, 0.15) is 12.8 Å². The largest absolute Gasteiger partial charge is 0.381 e.